The first-order valence-electron chi connectivity index (χ1n) is 8.93. The van der Waals surface area contributed by atoms with Crippen LogP contribution in [0, 0.1) is 0 Å². The quantitative estimate of drug-likeness (QED) is 0.580. The molecule has 3 aliphatic rings. The van der Waals surface area contributed by atoms with Crippen LogP contribution in [-0.4, -0.2) is 89.4 Å². The average Bonchev–Trinajstić information content (AvgIpc) is 3.20. The van der Waals surface area contributed by atoms with Gasteiger partial charge in [0.1, 0.15) is 6.04 Å². The molecule has 0 radical (unpaired) electrons. The molecule has 150 valence electrons. The van der Waals surface area contributed by atoms with Crippen molar-refractivity contribution >= 4 is 16.4 Å². The number of nitrogens with zero attached hydrogens (tertiary/aromatic N) is 5. The number of nitrogens with one attached hydrogen (secondary N) is 1. The van der Waals surface area contributed by atoms with Crippen LogP contribution in [0.4, 0.5) is 4.79 Å². The van der Waals surface area contributed by atoms with E-state index < -0.39 is 28.5 Å². The first kappa shape index (κ1) is 18.6. The van der Waals surface area contributed by atoms with Crippen LogP contribution in [0.1, 0.15) is 30.7 Å². The van der Waals surface area contributed by atoms with E-state index in [4.69, 9.17) is 8.97 Å². The number of aromatic nitrogens is 2. The Labute approximate surface area is 156 Å². The van der Waals surface area contributed by atoms with Gasteiger partial charge in [0.2, 0.25) is 11.8 Å². The minimum atomic E-state index is -4.76. The maximum absolute atomic E-state index is 12.4. The van der Waals surface area contributed by atoms with Crippen molar-refractivity contribution in [3.05, 3.63) is 11.8 Å². The van der Waals surface area contributed by atoms with Crippen molar-refractivity contribution in [3.63, 3.8) is 0 Å². The largest absolute Gasteiger partial charge is 0.423 e. The molecule has 1 aromatic heterocycles. The van der Waals surface area contributed by atoms with Gasteiger partial charge in [-0.05, 0) is 12.8 Å². The molecule has 2 atom stereocenters. The lowest BCUT2D eigenvalue weighted by Crippen LogP contribution is -2.44. The molecule has 0 aliphatic carbocycles. The van der Waals surface area contributed by atoms with E-state index in [1.165, 1.54) is 4.90 Å². The zero-order valence-corrected chi connectivity index (χ0v) is 15.5. The Balaban J connectivity index is 1.39. The predicted octanol–water partition coefficient (Wildman–Crippen LogP) is -0.807. The van der Waals surface area contributed by atoms with E-state index in [0.717, 1.165) is 32.7 Å². The number of carbonyl (C=O) groups excluding carboxylic acids is 1. The highest BCUT2D eigenvalue weighted by atomic mass is 32.3. The third-order valence-corrected chi connectivity index (χ3v) is 5.47. The lowest BCUT2D eigenvalue weighted by Gasteiger charge is -2.27. The molecule has 3 aliphatic heterocycles. The molecule has 4 heterocycles. The molecule has 3 fully saturated rings. The van der Waals surface area contributed by atoms with E-state index in [1.807, 2.05) is 0 Å². The molecule has 12 nitrogen and oxygen atoms in total. The normalized spacial score (nSPS) is 26.8. The SMILES string of the molecule is O=C1N2C[C@@H](CC[C@H]2c2nnc(CCN3CCNCC3)o2)N1OS(=O)(=O)O. The molecule has 0 aromatic carbocycles. The molecule has 2 N–H and O–H groups in total. The topological polar surface area (TPSA) is 141 Å². The van der Waals surface area contributed by atoms with E-state index in [0.29, 0.717) is 36.1 Å². The van der Waals surface area contributed by atoms with Crippen molar-refractivity contribution in [2.75, 3.05) is 39.3 Å². The second-order valence-electron chi connectivity index (χ2n) is 6.89. The summed E-state index contributed by atoms with van der Waals surface area (Å²) < 4.78 is 40.9. The molecule has 3 saturated heterocycles. The second-order valence-corrected chi connectivity index (χ2v) is 7.89. The number of carbonyl (C=O) groups is 1. The van der Waals surface area contributed by atoms with E-state index >= 15 is 0 Å². The Hall–Kier alpha value is -1.80. The third kappa shape index (κ3) is 4.06. The number of hydrogen-bond acceptors (Lipinski definition) is 9. The molecule has 0 spiro atoms. The van der Waals surface area contributed by atoms with Gasteiger partial charge < -0.3 is 19.5 Å². The van der Waals surface area contributed by atoms with Crippen LogP contribution in [0.25, 0.3) is 0 Å². The fraction of sp³-hybridized carbons (Fsp3) is 0.786. The van der Waals surface area contributed by atoms with Crippen LogP contribution in [0.2, 0.25) is 0 Å². The van der Waals surface area contributed by atoms with Crippen LogP contribution in [0.3, 0.4) is 0 Å². The molecule has 2 bridgehead atoms. The summed E-state index contributed by atoms with van der Waals surface area (Å²) in [5.74, 6) is 0.856. The molecule has 2 amide bonds. The highest BCUT2D eigenvalue weighted by Gasteiger charge is 2.49. The number of urea groups is 1. The van der Waals surface area contributed by atoms with Crippen LogP contribution >= 0.6 is 0 Å². The Morgan fingerprint density at radius 2 is 2.04 bits per heavy atom. The smallest absolute Gasteiger partial charge is 0.418 e. The summed E-state index contributed by atoms with van der Waals surface area (Å²) >= 11 is 0. The molecular weight excluding hydrogens is 380 g/mol. The minimum Gasteiger partial charge on any atom is -0.423 e. The van der Waals surface area contributed by atoms with Crippen molar-refractivity contribution in [2.45, 2.75) is 31.3 Å². The van der Waals surface area contributed by atoms with E-state index in [-0.39, 0.29) is 6.54 Å². The summed E-state index contributed by atoms with van der Waals surface area (Å²) in [7, 11) is -4.76. The third-order valence-electron chi connectivity index (χ3n) is 5.12. The summed E-state index contributed by atoms with van der Waals surface area (Å²) in [5.41, 5.74) is 0. The average molecular weight is 402 g/mol. The lowest BCUT2D eigenvalue weighted by molar-refractivity contribution is -0.0317. The first-order chi connectivity index (χ1) is 12.9. The highest BCUT2D eigenvalue weighted by Crippen LogP contribution is 2.38. The molecule has 0 unspecified atom stereocenters. The van der Waals surface area contributed by atoms with Gasteiger partial charge in [0.25, 0.3) is 0 Å². The fourth-order valence-corrected chi connectivity index (χ4v) is 4.17. The van der Waals surface area contributed by atoms with Gasteiger partial charge in [0.05, 0.1) is 6.04 Å². The second kappa shape index (κ2) is 7.31. The van der Waals surface area contributed by atoms with Gasteiger partial charge in [0.15, 0.2) is 0 Å². The number of fused-ring (bicyclic) bond motifs is 2. The maximum Gasteiger partial charge on any atom is 0.418 e. The number of hydrogen-bond donors (Lipinski definition) is 2. The summed E-state index contributed by atoms with van der Waals surface area (Å²) in [6, 6.07) is -1.50. The minimum absolute atomic E-state index is 0.275. The van der Waals surface area contributed by atoms with Crippen molar-refractivity contribution in [1.82, 2.24) is 30.4 Å². The molecule has 27 heavy (non-hydrogen) atoms. The Bertz CT molecular complexity index is 794. The van der Waals surface area contributed by atoms with Crippen molar-refractivity contribution in [3.8, 4) is 0 Å². The van der Waals surface area contributed by atoms with Gasteiger partial charge in [-0.3, -0.25) is 4.55 Å². The molecule has 0 saturated carbocycles. The summed E-state index contributed by atoms with van der Waals surface area (Å²) in [4.78, 5) is 16.2. The van der Waals surface area contributed by atoms with Crippen LogP contribution < -0.4 is 5.32 Å². The van der Waals surface area contributed by atoms with Gasteiger partial charge in [-0.1, -0.05) is 0 Å². The van der Waals surface area contributed by atoms with Crippen molar-refractivity contribution in [1.29, 1.82) is 0 Å². The van der Waals surface area contributed by atoms with Gasteiger partial charge in [-0.2, -0.15) is 13.5 Å². The zero-order chi connectivity index (χ0) is 19.0. The Morgan fingerprint density at radius 3 is 2.78 bits per heavy atom. The lowest BCUT2D eigenvalue weighted by atomic mass is 10.0. The number of piperidine rings is 1. The van der Waals surface area contributed by atoms with Crippen molar-refractivity contribution in [2.24, 2.45) is 0 Å². The van der Waals surface area contributed by atoms with Crippen LogP contribution in [-0.2, 0) is 21.1 Å². The molecule has 4 rings (SSSR count). The summed E-state index contributed by atoms with van der Waals surface area (Å²) in [6.45, 7) is 5.01. The van der Waals surface area contributed by atoms with Crippen molar-refractivity contribution < 1.29 is 26.5 Å². The predicted molar refractivity (Wildman–Crippen MR) is 89.6 cm³/mol. The molecule has 13 heteroatoms. The van der Waals surface area contributed by atoms with Gasteiger partial charge >= 0.3 is 16.4 Å². The van der Waals surface area contributed by atoms with Crippen LogP contribution in [0.5, 0.6) is 0 Å². The van der Waals surface area contributed by atoms with Gasteiger partial charge in [-0.25, -0.2) is 4.79 Å². The monoisotopic (exact) mass is 402 g/mol. The Kier molecular flexibility index (Phi) is 5.03. The van der Waals surface area contributed by atoms with E-state index in [9.17, 15) is 13.2 Å². The summed E-state index contributed by atoms with van der Waals surface area (Å²) in [6.07, 6.45) is 1.68. The Morgan fingerprint density at radius 1 is 1.26 bits per heavy atom. The highest BCUT2D eigenvalue weighted by molar-refractivity contribution is 7.80. The van der Waals surface area contributed by atoms with Gasteiger partial charge in [0, 0.05) is 45.7 Å². The molecule has 1 aromatic rings. The van der Waals surface area contributed by atoms with E-state index in [2.05, 4.69) is 24.7 Å². The fourth-order valence-electron chi connectivity index (χ4n) is 3.78. The number of rotatable bonds is 6. The standard InChI is InChI=1S/C14H22N6O6S/c21-14-19-9-10(20(14)26-27(22,23)24)1-2-11(19)13-17-16-12(25-13)3-6-18-7-4-15-5-8-18/h10-11,15H,1-9H2,(H,22,23,24)/t10-,11+/m1/s1. The van der Waals surface area contributed by atoms with Gasteiger partial charge in [-0.15, -0.1) is 14.5 Å². The van der Waals surface area contributed by atoms with Crippen LogP contribution in [0.15, 0.2) is 4.42 Å². The number of hydroxylamine groups is 2. The maximum atomic E-state index is 12.4. The number of piperazine rings is 1. The molecular formula is C14H22N6O6S. The zero-order valence-electron chi connectivity index (χ0n) is 14.7. The first-order valence-corrected chi connectivity index (χ1v) is 10.3. The number of amides is 2. The summed E-state index contributed by atoms with van der Waals surface area (Å²) in [5, 5.41) is 12.2. The van der Waals surface area contributed by atoms with E-state index in [1.54, 1.807) is 0 Å².